The Kier molecular flexibility index (Phi) is 3.58. The molecule has 4 heterocycles. The van der Waals surface area contributed by atoms with Crippen LogP contribution in [0.25, 0.3) is 33.0 Å². The lowest BCUT2D eigenvalue weighted by Crippen LogP contribution is -2.00. The molecular weight excluding hydrogens is 356 g/mol. The van der Waals surface area contributed by atoms with Gasteiger partial charge in [-0.05, 0) is 37.6 Å². The summed E-state index contributed by atoms with van der Waals surface area (Å²) < 4.78 is 5.18. The van der Waals surface area contributed by atoms with Crippen molar-refractivity contribution in [3.05, 3.63) is 59.1 Å². The number of aromatic nitrogens is 6. The normalized spacial score (nSPS) is 11.7. The van der Waals surface area contributed by atoms with Crippen LogP contribution in [0, 0.1) is 13.8 Å². The summed E-state index contributed by atoms with van der Waals surface area (Å²) in [6.07, 6.45) is 5.89. The Morgan fingerprint density at radius 1 is 1.04 bits per heavy atom. The second kappa shape index (κ2) is 5.99. The number of thiazole rings is 1. The van der Waals surface area contributed by atoms with Gasteiger partial charge in [-0.3, -0.25) is 4.68 Å². The van der Waals surface area contributed by atoms with Crippen LogP contribution in [0.4, 0.5) is 0 Å². The standard InChI is InChI=1S/C20H18N6S/c1-12-4-5-16-18(8-12)27-19(22-16)11-26-7-6-15-17(10-26)24-20(23-15)14-9-21-25(3)13(14)2/h4-10H,11H2,1-3H3. The number of imidazole rings is 1. The van der Waals surface area contributed by atoms with Gasteiger partial charge in [-0.15, -0.1) is 11.3 Å². The van der Waals surface area contributed by atoms with E-state index in [1.165, 1.54) is 10.3 Å². The molecule has 2 aromatic heterocycles. The third kappa shape index (κ3) is 2.80. The molecule has 6 nitrogen and oxygen atoms in total. The van der Waals surface area contributed by atoms with Gasteiger partial charge < -0.3 is 4.57 Å². The van der Waals surface area contributed by atoms with Crippen LogP contribution >= 0.6 is 11.3 Å². The first-order valence-electron chi connectivity index (χ1n) is 8.75. The maximum Gasteiger partial charge on any atom is 0.164 e. The summed E-state index contributed by atoms with van der Waals surface area (Å²) in [5.41, 5.74) is 6.13. The van der Waals surface area contributed by atoms with Gasteiger partial charge in [-0.1, -0.05) is 6.07 Å². The topological polar surface area (TPSA) is 61.4 Å². The molecule has 7 heteroatoms. The predicted octanol–water partition coefficient (Wildman–Crippen LogP) is 4.06. The first-order chi connectivity index (χ1) is 13.1. The molecule has 0 atom stereocenters. The van der Waals surface area contributed by atoms with Crippen LogP contribution in [0.15, 0.2) is 42.9 Å². The van der Waals surface area contributed by atoms with E-state index in [0.717, 1.165) is 45.5 Å². The number of nitrogens with zero attached hydrogens (tertiary/aromatic N) is 6. The van der Waals surface area contributed by atoms with Crippen molar-refractivity contribution in [2.24, 2.45) is 7.05 Å². The number of pyridine rings is 1. The average molecular weight is 374 g/mol. The van der Waals surface area contributed by atoms with E-state index in [1.54, 1.807) is 11.3 Å². The molecular formula is C20H18N6S. The number of hydrogen-bond donors (Lipinski definition) is 0. The summed E-state index contributed by atoms with van der Waals surface area (Å²) in [6, 6.07) is 8.39. The van der Waals surface area contributed by atoms with Crippen molar-refractivity contribution in [1.29, 1.82) is 0 Å². The van der Waals surface area contributed by atoms with Crippen molar-refractivity contribution in [3.63, 3.8) is 0 Å². The monoisotopic (exact) mass is 374 g/mol. The zero-order chi connectivity index (χ0) is 18.5. The van der Waals surface area contributed by atoms with Gasteiger partial charge in [-0.2, -0.15) is 5.10 Å². The number of fused-ring (bicyclic) bond motifs is 2. The molecule has 0 spiro atoms. The molecule has 0 saturated carbocycles. The van der Waals surface area contributed by atoms with Crippen LogP contribution in [-0.4, -0.2) is 29.3 Å². The molecule has 0 amide bonds. The first-order valence-corrected chi connectivity index (χ1v) is 9.57. The summed E-state index contributed by atoms with van der Waals surface area (Å²) in [4.78, 5) is 14.1. The molecule has 0 bridgehead atoms. The lowest BCUT2D eigenvalue weighted by atomic mass is 10.2. The highest BCUT2D eigenvalue weighted by Gasteiger charge is 2.16. The summed E-state index contributed by atoms with van der Waals surface area (Å²) in [6.45, 7) is 4.86. The predicted molar refractivity (Wildman–Crippen MR) is 107 cm³/mol. The van der Waals surface area contributed by atoms with Crippen LogP contribution in [0.2, 0.25) is 0 Å². The van der Waals surface area contributed by atoms with E-state index in [-0.39, 0.29) is 0 Å². The number of aryl methyl sites for hydroxylation is 2. The van der Waals surface area contributed by atoms with E-state index < -0.39 is 0 Å². The van der Waals surface area contributed by atoms with Gasteiger partial charge in [0.1, 0.15) is 10.7 Å². The maximum absolute atomic E-state index is 4.75. The maximum atomic E-state index is 4.75. The van der Waals surface area contributed by atoms with Gasteiger partial charge in [0.2, 0.25) is 0 Å². The third-order valence-corrected chi connectivity index (χ3v) is 5.81. The largest absolute Gasteiger partial charge is 0.345 e. The molecule has 0 radical (unpaired) electrons. The van der Waals surface area contributed by atoms with Gasteiger partial charge in [0.25, 0.3) is 0 Å². The summed E-state index contributed by atoms with van der Waals surface area (Å²) >= 11 is 1.74. The highest BCUT2D eigenvalue weighted by Crippen LogP contribution is 2.27. The lowest BCUT2D eigenvalue weighted by Gasteiger charge is -2.05. The molecule has 2 aliphatic heterocycles. The van der Waals surface area contributed by atoms with Gasteiger partial charge in [0.15, 0.2) is 5.82 Å². The molecule has 27 heavy (non-hydrogen) atoms. The molecule has 0 fully saturated rings. The molecule has 5 rings (SSSR count). The van der Waals surface area contributed by atoms with E-state index in [0.29, 0.717) is 0 Å². The van der Waals surface area contributed by atoms with Gasteiger partial charge in [0.05, 0.1) is 34.2 Å². The van der Waals surface area contributed by atoms with Crippen LogP contribution in [-0.2, 0) is 13.6 Å². The fraction of sp³-hybridized carbons (Fsp3) is 0.200. The fourth-order valence-electron chi connectivity index (χ4n) is 3.19. The Morgan fingerprint density at radius 3 is 2.70 bits per heavy atom. The minimum atomic E-state index is 0.725. The molecule has 0 unspecified atom stereocenters. The van der Waals surface area contributed by atoms with Gasteiger partial charge in [0, 0.05) is 25.1 Å². The Bertz CT molecular complexity index is 1240. The van der Waals surface area contributed by atoms with Crippen molar-refractivity contribution in [2.75, 3.05) is 0 Å². The number of benzene rings is 1. The molecule has 0 saturated heterocycles. The second-order valence-corrected chi connectivity index (χ2v) is 7.90. The first kappa shape index (κ1) is 16.1. The van der Waals surface area contributed by atoms with Gasteiger partial charge in [-0.25, -0.2) is 15.0 Å². The summed E-state index contributed by atoms with van der Waals surface area (Å²) in [7, 11) is 1.93. The zero-order valence-electron chi connectivity index (χ0n) is 15.3. The Morgan fingerprint density at radius 2 is 1.89 bits per heavy atom. The molecule has 0 N–H and O–H groups in total. The minimum Gasteiger partial charge on any atom is -0.345 e. The SMILES string of the molecule is Cc1ccc2nc(Cn3ccc4nc(-c5cnn(C)c5C)nc-4c3)sc2c1. The van der Waals surface area contributed by atoms with Crippen molar-refractivity contribution in [2.45, 2.75) is 20.4 Å². The Hall–Kier alpha value is -3.06. The molecule has 134 valence electrons. The van der Waals surface area contributed by atoms with Crippen molar-refractivity contribution >= 4 is 21.6 Å². The van der Waals surface area contributed by atoms with Crippen molar-refractivity contribution < 1.29 is 0 Å². The van der Waals surface area contributed by atoms with Crippen molar-refractivity contribution in [1.82, 2.24) is 29.3 Å². The molecule has 0 aliphatic carbocycles. The highest BCUT2D eigenvalue weighted by molar-refractivity contribution is 7.18. The lowest BCUT2D eigenvalue weighted by molar-refractivity contribution is 0.740. The van der Waals surface area contributed by atoms with Crippen LogP contribution in [0.3, 0.4) is 0 Å². The Labute approximate surface area is 160 Å². The van der Waals surface area contributed by atoms with E-state index in [2.05, 4.69) is 39.8 Å². The number of hydrogen-bond acceptors (Lipinski definition) is 5. The van der Waals surface area contributed by atoms with Crippen LogP contribution < -0.4 is 0 Å². The second-order valence-electron chi connectivity index (χ2n) is 6.78. The van der Waals surface area contributed by atoms with E-state index >= 15 is 0 Å². The highest BCUT2D eigenvalue weighted by atomic mass is 32.1. The third-order valence-electron chi connectivity index (χ3n) is 4.81. The van der Waals surface area contributed by atoms with Crippen LogP contribution in [0.1, 0.15) is 16.3 Å². The molecule has 3 aromatic rings. The zero-order valence-corrected chi connectivity index (χ0v) is 16.2. The number of rotatable bonds is 3. The quantitative estimate of drug-likeness (QED) is 0.478. The van der Waals surface area contributed by atoms with Crippen LogP contribution in [0.5, 0.6) is 0 Å². The fourth-order valence-corrected chi connectivity index (χ4v) is 4.27. The summed E-state index contributed by atoms with van der Waals surface area (Å²) in [5.74, 6) is 0.726. The van der Waals surface area contributed by atoms with E-state index in [9.17, 15) is 0 Å². The van der Waals surface area contributed by atoms with Gasteiger partial charge >= 0.3 is 0 Å². The average Bonchev–Trinajstić information content (AvgIpc) is 3.32. The molecule has 1 aromatic carbocycles. The molecule has 2 aliphatic rings. The minimum absolute atomic E-state index is 0.725. The van der Waals surface area contributed by atoms with E-state index in [4.69, 9.17) is 9.97 Å². The van der Waals surface area contributed by atoms with E-state index in [1.807, 2.05) is 43.3 Å². The summed E-state index contributed by atoms with van der Waals surface area (Å²) in [5, 5.41) is 5.37. The smallest absolute Gasteiger partial charge is 0.164 e. The Balaban J connectivity index is 1.49. The van der Waals surface area contributed by atoms with Crippen molar-refractivity contribution in [3.8, 4) is 22.8 Å².